The second kappa shape index (κ2) is 5.16. The number of alkyl halides is 3. The summed E-state index contributed by atoms with van der Waals surface area (Å²) in [7, 11) is 3.11. The van der Waals surface area contributed by atoms with E-state index in [0.717, 1.165) is 0 Å². The first-order valence-corrected chi connectivity index (χ1v) is 5.12. The number of anilines is 2. The molecule has 0 saturated heterocycles. The molecule has 0 unspecified atom stereocenters. The van der Waals surface area contributed by atoms with Crippen molar-refractivity contribution in [3.8, 4) is 0 Å². The molecule has 1 aromatic rings. The summed E-state index contributed by atoms with van der Waals surface area (Å²) in [6.45, 7) is -1.20. The molecular weight excluding hydrogens is 247 g/mol. The predicted molar refractivity (Wildman–Crippen MR) is 63.4 cm³/mol. The van der Waals surface area contributed by atoms with E-state index in [2.05, 4.69) is 5.32 Å². The number of benzene rings is 1. The number of rotatable bonds is 3. The van der Waals surface area contributed by atoms with E-state index in [1.54, 1.807) is 14.1 Å². The van der Waals surface area contributed by atoms with Crippen LogP contribution < -0.4 is 11.1 Å². The van der Waals surface area contributed by atoms with Crippen LogP contribution in [0.5, 0.6) is 0 Å². The van der Waals surface area contributed by atoms with E-state index < -0.39 is 12.7 Å². The zero-order valence-electron chi connectivity index (χ0n) is 10.0. The molecule has 0 fully saturated rings. The number of hydrogen-bond donors (Lipinski definition) is 2. The minimum atomic E-state index is -4.34. The molecule has 0 bridgehead atoms. The number of halogens is 3. The van der Waals surface area contributed by atoms with Crippen molar-refractivity contribution in [3.05, 3.63) is 23.8 Å². The topological polar surface area (TPSA) is 58.4 Å². The second-order valence-electron chi connectivity index (χ2n) is 3.97. The van der Waals surface area contributed by atoms with Crippen molar-refractivity contribution >= 4 is 17.3 Å². The molecule has 1 rings (SSSR count). The van der Waals surface area contributed by atoms with Crippen LogP contribution in [0.3, 0.4) is 0 Å². The quantitative estimate of drug-likeness (QED) is 0.817. The Morgan fingerprint density at radius 3 is 2.50 bits per heavy atom. The van der Waals surface area contributed by atoms with Gasteiger partial charge in [-0.15, -0.1) is 0 Å². The van der Waals surface area contributed by atoms with Crippen LogP contribution in [0, 0.1) is 0 Å². The molecule has 0 aliphatic heterocycles. The van der Waals surface area contributed by atoms with Gasteiger partial charge in [0.15, 0.2) is 0 Å². The van der Waals surface area contributed by atoms with Crippen molar-refractivity contribution in [2.24, 2.45) is 0 Å². The Morgan fingerprint density at radius 2 is 2.00 bits per heavy atom. The molecule has 100 valence electrons. The van der Waals surface area contributed by atoms with Crippen molar-refractivity contribution in [1.29, 1.82) is 0 Å². The molecule has 18 heavy (non-hydrogen) atoms. The number of carbonyl (C=O) groups excluding carboxylic acids is 1. The first-order chi connectivity index (χ1) is 8.20. The van der Waals surface area contributed by atoms with Gasteiger partial charge in [-0.3, -0.25) is 4.79 Å². The minimum absolute atomic E-state index is 0.0972. The van der Waals surface area contributed by atoms with E-state index in [1.807, 2.05) is 0 Å². The minimum Gasteiger partial charge on any atom is -0.397 e. The van der Waals surface area contributed by atoms with Crippen molar-refractivity contribution < 1.29 is 18.0 Å². The highest BCUT2D eigenvalue weighted by Gasteiger charge is 2.27. The third-order valence-corrected chi connectivity index (χ3v) is 2.19. The average molecular weight is 261 g/mol. The van der Waals surface area contributed by atoms with Crippen molar-refractivity contribution in [2.45, 2.75) is 6.18 Å². The highest BCUT2D eigenvalue weighted by atomic mass is 19.4. The van der Waals surface area contributed by atoms with Gasteiger partial charge in [0.1, 0.15) is 6.54 Å². The standard InChI is InChI=1S/C11H14F3N3O/c1-17(2)10(18)7-3-4-8(15)9(5-7)16-6-11(12,13)14/h3-5,16H,6,15H2,1-2H3. The Morgan fingerprint density at radius 1 is 1.39 bits per heavy atom. The van der Waals surface area contributed by atoms with Crippen molar-refractivity contribution in [2.75, 3.05) is 31.7 Å². The lowest BCUT2D eigenvalue weighted by Crippen LogP contribution is -2.23. The molecule has 0 aromatic heterocycles. The number of carbonyl (C=O) groups is 1. The largest absolute Gasteiger partial charge is 0.405 e. The molecule has 0 aliphatic rings. The Balaban J connectivity index is 2.91. The average Bonchev–Trinajstić information content (AvgIpc) is 2.25. The van der Waals surface area contributed by atoms with Crippen LogP contribution >= 0.6 is 0 Å². The van der Waals surface area contributed by atoms with E-state index in [0.29, 0.717) is 0 Å². The number of nitrogen functional groups attached to an aromatic ring is 1. The number of hydrogen-bond acceptors (Lipinski definition) is 3. The van der Waals surface area contributed by atoms with Gasteiger partial charge in [0.2, 0.25) is 0 Å². The summed E-state index contributed by atoms with van der Waals surface area (Å²) in [4.78, 5) is 13.0. The van der Waals surface area contributed by atoms with E-state index in [4.69, 9.17) is 5.73 Å². The van der Waals surface area contributed by atoms with E-state index in [1.165, 1.54) is 23.1 Å². The summed E-state index contributed by atoms with van der Waals surface area (Å²) in [5.74, 6) is -0.301. The van der Waals surface area contributed by atoms with Crippen LogP contribution in [-0.2, 0) is 0 Å². The van der Waals surface area contributed by atoms with Crippen molar-refractivity contribution in [3.63, 3.8) is 0 Å². The summed E-state index contributed by atoms with van der Waals surface area (Å²) in [6.07, 6.45) is -4.34. The Bertz CT molecular complexity index is 444. The lowest BCUT2D eigenvalue weighted by atomic mass is 10.1. The summed E-state index contributed by atoms with van der Waals surface area (Å²) in [5, 5.41) is 2.17. The first kappa shape index (κ1) is 14.1. The lowest BCUT2D eigenvalue weighted by Gasteiger charge is -2.14. The highest BCUT2D eigenvalue weighted by Crippen LogP contribution is 2.23. The molecule has 0 radical (unpaired) electrons. The summed E-state index contributed by atoms with van der Waals surface area (Å²) >= 11 is 0. The van der Waals surface area contributed by atoms with Gasteiger partial charge >= 0.3 is 6.18 Å². The molecule has 0 saturated carbocycles. The van der Waals surface area contributed by atoms with E-state index >= 15 is 0 Å². The van der Waals surface area contributed by atoms with Gasteiger partial charge < -0.3 is 16.0 Å². The number of nitrogens with two attached hydrogens (primary N) is 1. The normalized spacial score (nSPS) is 11.2. The fraction of sp³-hybridized carbons (Fsp3) is 0.364. The molecule has 0 atom stereocenters. The predicted octanol–water partition coefficient (Wildman–Crippen LogP) is 1.94. The number of nitrogens with zero attached hydrogens (tertiary/aromatic N) is 1. The molecule has 4 nitrogen and oxygen atoms in total. The van der Waals surface area contributed by atoms with Crippen LogP contribution in [0.15, 0.2) is 18.2 Å². The molecule has 1 aromatic carbocycles. The Hall–Kier alpha value is -1.92. The summed E-state index contributed by atoms with van der Waals surface area (Å²) < 4.78 is 36.2. The van der Waals surface area contributed by atoms with Crippen LogP contribution in [0.25, 0.3) is 0 Å². The van der Waals surface area contributed by atoms with E-state index in [-0.39, 0.29) is 22.8 Å². The summed E-state index contributed by atoms with van der Waals surface area (Å²) in [6, 6.07) is 4.18. The zero-order valence-corrected chi connectivity index (χ0v) is 10.0. The molecule has 3 N–H and O–H groups in total. The smallest absolute Gasteiger partial charge is 0.397 e. The second-order valence-corrected chi connectivity index (χ2v) is 3.97. The van der Waals surface area contributed by atoms with Gasteiger partial charge in [-0.25, -0.2) is 0 Å². The van der Waals surface area contributed by atoms with Crippen LogP contribution in [0.2, 0.25) is 0 Å². The molecule has 0 aliphatic carbocycles. The molecular formula is C11H14F3N3O. The maximum absolute atomic E-state index is 12.1. The number of amides is 1. The lowest BCUT2D eigenvalue weighted by molar-refractivity contribution is -0.115. The SMILES string of the molecule is CN(C)C(=O)c1ccc(N)c(NCC(F)(F)F)c1. The van der Waals surface area contributed by atoms with Gasteiger partial charge in [0.25, 0.3) is 5.91 Å². The van der Waals surface area contributed by atoms with Gasteiger partial charge in [0, 0.05) is 19.7 Å². The third-order valence-electron chi connectivity index (χ3n) is 2.19. The molecule has 0 heterocycles. The maximum atomic E-state index is 12.1. The zero-order chi connectivity index (χ0) is 13.9. The van der Waals surface area contributed by atoms with Gasteiger partial charge in [-0.05, 0) is 18.2 Å². The number of nitrogens with one attached hydrogen (secondary N) is 1. The van der Waals surface area contributed by atoms with Crippen LogP contribution in [0.4, 0.5) is 24.5 Å². The first-order valence-electron chi connectivity index (χ1n) is 5.12. The molecule has 1 amide bonds. The monoisotopic (exact) mass is 261 g/mol. The van der Waals surface area contributed by atoms with Crippen LogP contribution in [-0.4, -0.2) is 37.6 Å². The Labute approximate surface area is 103 Å². The van der Waals surface area contributed by atoms with Crippen molar-refractivity contribution in [1.82, 2.24) is 4.90 Å². The highest BCUT2D eigenvalue weighted by molar-refractivity contribution is 5.95. The maximum Gasteiger partial charge on any atom is 0.405 e. The van der Waals surface area contributed by atoms with Gasteiger partial charge in [-0.1, -0.05) is 0 Å². The summed E-state index contributed by atoms with van der Waals surface area (Å²) in [5.41, 5.74) is 6.08. The molecule has 0 spiro atoms. The fourth-order valence-electron chi connectivity index (χ4n) is 1.30. The van der Waals surface area contributed by atoms with Crippen LogP contribution in [0.1, 0.15) is 10.4 Å². The fourth-order valence-corrected chi connectivity index (χ4v) is 1.30. The Kier molecular flexibility index (Phi) is 4.05. The van der Waals surface area contributed by atoms with Gasteiger partial charge in [-0.2, -0.15) is 13.2 Å². The van der Waals surface area contributed by atoms with E-state index in [9.17, 15) is 18.0 Å². The molecule has 7 heteroatoms. The third kappa shape index (κ3) is 3.83. The van der Waals surface area contributed by atoms with Gasteiger partial charge in [0.05, 0.1) is 11.4 Å².